The van der Waals surface area contributed by atoms with Crippen LogP contribution in [0.5, 0.6) is 0 Å². The summed E-state index contributed by atoms with van der Waals surface area (Å²) in [5.41, 5.74) is 8.85. The third kappa shape index (κ3) is 2.16. The summed E-state index contributed by atoms with van der Waals surface area (Å²) in [6.45, 7) is 4.34. The van der Waals surface area contributed by atoms with E-state index in [1.165, 1.54) is 11.1 Å². The molecule has 1 aromatic carbocycles. The summed E-state index contributed by atoms with van der Waals surface area (Å²) in [4.78, 5) is 11.8. The highest BCUT2D eigenvalue weighted by atomic mass is 31.0. The number of anilines is 1. The molecular formula is C12H15N2OP. The number of nitrogens with two attached hydrogens (primary N) is 1. The molecule has 0 aliphatic carbocycles. The molecule has 16 heavy (non-hydrogen) atoms. The average molecular weight is 234 g/mol. The minimum absolute atomic E-state index is 0.0625. The lowest BCUT2D eigenvalue weighted by atomic mass is 9.93. The van der Waals surface area contributed by atoms with Gasteiger partial charge in [0, 0.05) is 17.5 Å². The molecule has 0 saturated heterocycles. The quantitative estimate of drug-likeness (QED) is 0.460. The van der Waals surface area contributed by atoms with Crippen LogP contribution in [0.2, 0.25) is 0 Å². The topological polar surface area (TPSA) is 55.1 Å². The lowest BCUT2D eigenvalue weighted by Crippen LogP contribution is -2.41. The van der Waals surface area contributed by atoms with Gasteiger partial charge in [0.1, 0.15) is 0 Å². The molecule has 2 atom stereocenters. The van der Waals surface area contributed by atoms with E-state index in [9.17, 15) is 4.79 Å². The third-order valence-corrected chi connectivity index (χ3v) is 3.11. The Kier molecular flexibility index (Phi) is 3.08. The largest absolute Gasteiger partial charge is 0.399 e. The van der Waals surface area contributed by atoms with Gasteiger partial charge in [0.25, 0.3) is 0 Å². The van der Waals surface area contributed by atoms with Crippen LogP contribution in [0.15, 0.2) is 30.1 Å². The summed E-state index contributed by atoms with van der Waals surface area (Å²) in [5.74, 6) is 0.0625. The predicted octanol–water partition coefficient (Wildman–Crippen LogP) is 1.24. The molecule has 4 heteroatoms. The summed E-state index contributed by atoms with van der Waals surface area (Å²) >= 11 is 0. The van der Waals surface area contributed by atoms with Gasteiger partial charge in [-0.2, -0.15) is 0 Å². The lowest BCUT2D eigenvalue weighted by molar-refractivity contribution is -0.117. The molecule has 0 bridgehead atoms. The van der Waals surface area contributed by atoms with Crippen molar-refractivity contribution in [3.8, 4) is 0 Å². The number of fused-ring (bicyclic) bond motifs is 1. The van der Waals surface area contributed by atoms with Crippen LogP contribution < -0.4 is 11.1 Å². The number of benzene rings is 1. The summed E-state index contributed by atoms with van der Waals surface area (Å²) in [6, 6.07) is 5.68. The molecule has 1 aromatic rings. The van der Waals surface area contributed by atoms with E-state index < -0.39 is 0 Å². The Morgan fingerprint density at radius 3 is 2.94 bits per heavy atom. The highest BCUT2D eigenvalue weighted by Crippen LogP contribution is 2.21. The zero-order chi connectivity index (χ0) is 11.7. The molecule has 0 spiro atoms. The van der Waals surface area contributed by atoms with Crippen LogP contribution in [-0.4, -0.2) is 11.8 Å². The van der Waals surface area contributed by atoms with E-state index in [-0.39, 0.29) is 11.8 Å². The van der Waals surface area contributed by atoms with Crippen molar-refractivity contribution in [1.29, 1.82) is 0 Å². The van der Waals surface area contributed by atoms with Gasteiger partial charge in [-0.1, -0.05) is 12.6 Å². The maximum atomic E-state index is 11.8. The highest BCUT2D eigenvalue weighted by molar-refractivity contribution is 7.25. The fourth-order valence-corrected chi connectivity index (χ4v) is 2.15. The van der Waals surface area contributed by atoms with Gasteiger partial charge in [-0.15, -0.1) is 9.24 Å². The van der Waals surface area contributed by atoms with Crippen LogP contribution in [0.25, 0.3) is 0 Å². The molecule has 0 saturated carbocycles. The Hall–Kier alpha value is -1.18. The number of carbonyl (C=O) groups is 1. The normalized spacial score (nSPS) is 18.9. The van der Waals surface area contributed by atoms with Crippen molar-refractivity contribution in [2.75, 3.05) is 5.73 Å². The van der Waals surface area contributed by atoms with Gasteiger partial charge in [-0.3, -0.25) is 4.79 Å². The van der Waals surface area contributed by atoms with Gasteiger partial charge in [-0.05, 0) is 29.7 Å². The summed E-state index contributed by atoms with van der Waals surface area (Å²) in [6.07, 6.45) is 0.710. The third-order valence-electron chi connectivity index (χ3n) is 2.83. The molecule has 1 aliphatic rings. The van der Waals surface area contributed by atoms with Gasteiger partial charge in [0.05, 0.1) is 6.04 Å². The van der Waals surface area contributed by atoms with Crippen molar-refractivity contribution in [2.45, 2.75) is 19.0 Å². The van der Waals surface area contributed by atoms with Crippen molar-refractivity contribution in [2.24, 2.45) is 0 Å². The van der Waals surface area contributed by atoms with Gasteiger partial charge < -0.3 is 11.1 Å². The second kappa shape index (κ2) is 4.36. The summed E-state index contributed by atoms with van der Waals surface area (Å²) < 4.78 is 0. The van der Waals surface area contributed by atoms with Crippen LogP contribution in [0.4, 0.5) is 5.69 Å². The Bertz CT molecular complexity index is 456. The fraction of sp³-hybridized carbons (Fsp3) is 0.250. The van der Waals surface area contributed by atoms with Crippen LogP contribution in [0, 0.1) is 0 Å². The van der Waals surface area contributed by atoms with Crippen LogP contribution in [0.3, 0.4) is 0 Å². The number of hydrogen-bond donors (Lipinski definition) is 2. The predicted molar refractivity (Wildman–Crippen MR) is 69.0 cm³/mol. The zero-order valence-electron chi connectivity index (χ0n) is 8.99. The maximum Gasteiger partial charge on any atom is 0.179 e. The molecule has 1 heterocycles. The van der Waals surface area contributed by atoms with E-state index in [2.05, 4.69) is 21.1 Å². The fourth-order valence-electron chi connectivity index (χ4n) is 1.94. The maximum absolute atomic E-state index is 11.8. The second-order valence-corrected chi connectivity index (χ2v) is 4.75. The van der Waals surface area contributed by atoms with Crippen molar-refractivity contribution in [3.05, 3.63) is 41.2 Å². The van der Waals surface area contributed by atoms with Gasteiger partial charge in [0.15, 0.2) is 5.78 Å². The van der Waals surface area contributed by atoms with E-state index in [0.717, 1.165) is 5.69 Å². The molecule has 3 N–H and O–H groups in total. The molecule has 1 aliphatic heterocycles. The number of Topliss-reactive ketones (excluding diaryl/α,β-unsaturated/α-hetero) is 1. The van der Waals surface area contributed by atoms with Crippen molar-refractivity contribution in [1.82, 2.24) is 5.32 Å². The number of nitrogens with one attached hydrogen (secondary N) is 1. The molecule has 84 valence electrons. The van der Waals surface area contributed by atoms with Gasteiger partial charge >= 0.3 is 0 Å². The lowest BCUT2D eigenvalue weighted by Gasteiger charge is -2.25. The van der Waals surface area contributed by atoms with Crippen LogP contribution >= 0.6 is 9.24 Å². The van der Waals surface area contributed by atoms with E-state index >= 15 is 0 Å². The SMILES string of the molecule is C=C(P)C(=O)[C@@H]1Cc2ccc(N)cc2CN1. The molecule has 3 nitrogen and oxygen atoms in total. The monoisotopic (exact) mass is 234 g/mol. The first-order chi connectivity index (χ1) is 7.58. The highest BCUT2D eigenvalue weighted by Gasteiger charge is 2.24. The first kappa shape index (κ1) is 11.3. The van der Waals surface area contributed by atoms with E-state index in [1.54, 1.807) is 0 Å². The van der Waals surface area contributed by atoms with Crippen molar-refractivity contribution in [3.63, 3.8) is 0 Å². The second-order valence-electron chi connectivity index (χ2n) is 4.06. The molecule has 0 aromatic heterocycles. The van der Waals surface area contributed by atoms with Crippen molar-refractivity contribution >= 4 is 20.7 Å². The summed E-state index contributed by atoms with van der Waals surface area (Å²) in [7, 11) is 2.36. The van der Waals surface area contributed by atoms with E-state index in [4.69, 9.17) is 5.73 Å². The first-order valence-electron chi connectivity index (χ1n) is 5.17. The minimum atomic E-state index is -0.152. The molecule has 0 radical (unpaired) electrons. The van der Waals surface area contributed by atoms with E-state index in [1.807, 2.05) is 18.2 Å². The smallest absolute Gasteiger partial charge is 0.179 e. The number of hydrogen-bond acceptors (Lipinski definition) is 3. The Morgan fingerprint density at radius 1 is 1.50 bits per heavy atom. The number of carbonyl (C=O) groups excluding carboxylic acids is 1. The number of ketones is 1. The minimum Gasteiger partial charge on any atom is -0.399 e. The van der Waals surface area contributed by atoms with Gasteiger partial charge in [-0.25, -0.2) is 0 Å². The van der Waals surface area contributed by atoms with Crippen LogP contribution in [-0.2, 0) is 17.8 Å². The Balaban J connectivity index is 2.21. The summed E-state index contributed by atoms with van der Waals surface area (Å²) in [5, 5.41) is 3.73. The molecule has 1 unspecified atom stereocenters. The molecule has 0 amide bonds. The Labute approximate surface area is 97.3 Å². The zero-order valence-corrected chi connectivity index (χ0v) is 10.1. The van der Waals surface area contributed by atoms with Crippen molar-refractivity contribution < 1.29 is 4.79 Å². The van der Waals surface area contributed by atoms with Crippen LogP contribution in [0.1, 0.15) is 11.1 Å². The molecular weight excluding hydrogens is 219 g/mol. The average Bonchev–Trinajstić information content (AvgIpc) is 2.27. The molecule has 0 fully saturated rings. The standard InChI is InChI=1S/C12H15N2OP/c1-7(16)12(15)11-5-8-2-3-10(13)4-9(8)6-14-11/h2-4,11,14H,1,5-6,13,16H2/t11-/m0/s1. The number of nitrogen functional groups attached to an aromatic ring is 1. The number of rotatable bonds is 2. The van der Waals surface area contributed by atoms with Gasteiger partial charge in [0.2, 0.25) is 0 Å². The first-order valence-corrected chi connectivity index (χ1v) is 5.75. The molecule has 2 rings (SSSR count). The van der Waals surface area contributed by atoms with E-state index in [0.29, 0.717) is 18.3 Å². The Morgan fingerprint density at radius 2 is 2.25 bits per heavy atom.